The highest BCUT2D eigenvalue weighted by Crippen LogP contribution is 2.76. The quantitative estimate of drug-likeness (QED) is 0.177. The van der Waals surface area contributed by atoms with Crippen LogP contribution in [-0.4, -0.2) is 96.8 Å². The summed E-state index contributed by atoms with van der Waals surface area (Å²) in [5.41, 5.74) is -2.44. The number of esters is 1. The summed E-state index contributed by atoms with van der Waals surface area (Å²) in [4.78, 5) is 14.5. The molecule has 1 heterocycles. The van der Waals surface area contributed by atoms with E-state index in [9.17, 15) is 40.5 Å². The van der Waals surface area contributed by atoms with Crippen LogP contribution in [0.2, 0.25) is 0 Å². The van der Waals surface area contributed by atoms with E-state index >= 15 is 0 Å². The van der Waals surface area contributed by atoms with Crippen LogP contribution >= 0.6 is 0 Å². The Labute approximate surface area is 273 Å². The van der Waals surface area contributed by atoms with Crippen LogP contribution in [0.1, 0.15) is 99.8 Å². The van der Waals surface area contributed by atoms with E-state index in [-0.39, 0.29) is 34.0 Å². The van der Waals surface area contributed by atoms with Crippen LogP contribution in [0.25, 0.3) is 0 Å². The molecule has 0 aromatic heterocycles. The highest BCUT2D eigenvalue weighted by Gasteiger charge is 2.72. The van der Waals surface area contributed by atoms with Gasteiger partial charge in [-0.15, -0.1) is 0 Å². The maximum absolute atomic E-state index is 14.5. The number of aliphatic hydroxyl groups is 7. The summed E-state index contributed by atoms with van der Waals surface area (Å²) >= 11 is 0. The Balaban J connectivity index is 1.39. The van der Waals surface area contributed by atoms with Crippen LogP contribution < -0.4 is 0 Å². The second kappa shape index (κ2) is 10.9. The van der Waals surface area contributed by atoms with Gasteiger partial charge in [-0.25, -0.2) is 0 Å². The van der Waals surface area contributed by atoms with Gasteiger partial charge in [0.15, 0.2) is 0 Å². The van der Waals surface area contributed by atoms with Gasteiger partial charge in [-0.2, -0.15) is 0 Å². The Morgan fingerprint density at radius 3 is 2.24 bits per heavy atom. The average molecular weight is 651 g/mol. The second-order valence-corrected chi connectivity index (χ2v) is 17.7. The summed E-state index contributed by atoms with van der Waals surface area (Å²) in [5, 5.41) is 75.6. The third-order valence-corrected chi connectivity index (χ3v) is 15.5. The molecule has 6 aliphatic rings. The zero-order valence-electron chi connectivity index (χ0n) is 28.6. The molecule has 0 aromatic rings. The highest BCUT2D eigenvalue weighted by molar-refractivity contribution is 5.79. The van der Waals surface area contributed by atoms with Gasteiger partial charge in [-0.05, 0) is 97.7 Å². The van der Waals surface area contributed by atoms with E-state index in [1.54, 1.807) is 0 Å². The fourth-order valence-electron chi connectivity index (χ4n) is 12.4. The molecule has 5 aliphatic carbocycles. The van der Waals surface area contributed by atoms with Crippen molar-refractivity contribution in [2.24, 2.45) is 50.7 Å². The van der Waals surface area contributed by atoms with Crippen molar-refractivity contribution in [3.63, 3.8) is 0 Å². The fraction of sp³-hybridized carbons (Fsp3) is 0.917. The molecule has 0 spiro atoms. The summed E-state index contributed by atoms with van der Waals surface area (Å²) in [6.07, 6.45) is -1.65. The maximum atomic E-state index is 14.5. The van der Waals surface area contributed by atoms with Gasteiger partial charge in [-0.3, -0.25) is 4.79 Å². The van der Waals surface area contributed by atoms with Gasteiger partial charge in [0.05, 0.1) is 29.8 Å². The lowest BCUT2D eigenvalue weighted by Crippen LogP contribution is -2.69. The molecule has 46 heavy (non-hydrogen) atoms. The van der Waals surface area contributed by atoms with E-state index in [1.807, 2.05) is 13.8 Å². The Morgan fingerprint density at radius 1 is 0.913 bits per heavy atom. The Bertz CT molecular complexity index is 1250. The van der Waals surface area contributed by atoms with Crippen molar-refractivity contribution >= 4 is 5.97 Å². The number of allylic oxidation sites excluding steroid dienone is 1. The predicted octanol–water partition coefficient (Wildman–Crippen LogP) is 2.43. The number of carbonyl (C=O) groups is 1. The zero-order chi connectivity index (χ0) is 34.0. The van der Waals surface area contributed by atoms with Crippen LogP contribution in [0, 0.1) is 50.7 Å². The number of fused-ring (bicyclic) bond motifs is 7. The first-order valence-corrected chi connectivity index (χ1v) is 17.5. The predicted molar refractivity (Wildman–Crippen MR) is 168 cm³/mol. The number of aliphatic hydroxyl groups excluding tert-OH is 6. The van der Waals surface area contributed by atoms with Crippen molar-refractivity contribution in [1.29, 1.82) is 0 Å². The van der Waals surface area contributed by atoms with Crippen LogP contribution in [0.15, 0.2) is 11.6 Å². The lowest BCUT2D eigenvalue weighted by atomic mass is 9.33. The Morgan fingerprint density at radius 2 is 1.59 bits per heavy atom. The highest BCUT2D eigenvalue weighted by atomic mass is 16.7. The van der Waals surface area contributed by atoms with E-state index < -0.39 is 77.8 Å². The number of hydrogen-bond donors (Lipinski definition) is 7. The number of ether oxygens (including phenoxy) is 2. The van der Waals surface area contributed by atoms with E-state index in [4.69, 9.17) is 9.47 Å². The molecule has 0 unspecified atom stereocenters. The van der Waals surface area contributed by atoms with Gasteiger partial charge in [0.25, 0.3) is 0 Å². The van der Waals surface area contributed by atoms with Gasteiger partial charge >= 0.3 is 5.97 Å². The Kier molecular flexibility index (Phi) is 8.27. The monoisotopic (exact) mass is 650 g/mol. The smallest absolute Gasteiger partial charge is 0.315 e. The first-order chi connectivity index (χ1) is 21.2. The van der Waals surface area contributed by atoms with Gasteiger partial charge in [0, 0.05) is 5.92 Å². The van der Waals surface area contributed by atoms with E-state index in [0.29, 0.717) is 32.1 Å². The average Bonchev–Trinajstić information content (AvgIpc) is 2.98. The summed E-state index contributed by atoms with van der Waals surface area (Å²) in [6.45, 7) is 14.4. The third kappa shape index (κ3) is 4.39. The molecule has 4 saturated carbocycles. The van der Waals surface area contributed by atoms with Gasteiger partial charge < -0.3 is 45.2 Å². The molecular formula is C36H58O10. The minimum absolute atomic E-state index is 0.0940. The van der Waals surface area contributed by atoms with Crippen molar-refractivity contribution in [2.45, 2.75) is 148 Å². The van der Waals surface area contributed by atoms with Crippen LogP contribution in [0.4, 0.5) is 0 Å². The van der Waals surface area contributed by atoms with Crippen molar-refractivity contribution in [1.82, 2.24) is 0 Å². The van der Waals surface area contributed by atoms with E-state index in [1.165, 1.54) is 0 Å². The van der Waals surface area contributed by atoms with Crippen LogP contribution in [-0.2, 0) is 14.3 Å². The minimum atomic E-state index is -1.70. The number of hydrogen-bond acceptors (Lipinski definition) is 10. The summed E-state index contributed by atoms with van der Waals surface area (Å²) in [5.74, 6) is -0.787. The van der Waals surface area contributed by atoms with Gasteiger partial charge in [0.2, 0.25) is 6.29 Å². The van der Waals surface area contributed by atoms with Gasteiger partial charge in [0.1, 0.15) is 24.4 Å². The van der Waals surface area contributed by atoms with Crippen LogP contribution in [0.3, 0.4) is 0 Å². The largest absolute Gasteiger partial charge is 0.432 e. The maximum Gasteiger partial charge on any atom is 0.315 e. The van der Waals surface area contributed by atoms with E-state index in [2.05, 4.69) is 40.7 Å². The summed E-state index contributed by atoms with van der Waals surface area (Å²) < 4.78 is 11.5. The third-order valence-electron chi connectivity index (χ3n) is 15.5. The lowest BCUT2D eigenvalue weighted by molar-refractivity contribution is -0.299. The molecule has 16 atom stereocenters. The molecular weight excluding hydrogens is 592 g/mol. The van der Waals surface area contributed by atoms with Crippen molar-refractivity contribution in [2.75, 3.05) is 6.61 Å². The van der Waals surface area contributed by atoms with Crippen LogP contribution in [0.5, 0.6) is 0 Å². The molecule has 0 amide bonds. The molecule has 0 bridgehead atoms. The lowest BCUT2D eigenvalue weighted by Gasteiger charge is -2.72. The van der Waals surface area contributed by atoms with Gasteiger partial charge in [-0.1, -0.05) is 53.2 Å². The molecule has 0 radical (unpaired) electrons. The zero-order valence-corrected chi connectivity index (χ0v) is 28.6. The van der Waals surface area contributed by atoms with E-state index in [0.717, 1.165) is 24.8 Å². The normalized spacial score (nSPS) is 56.4. The molecule has 1 aliphatic heterocycles. The fourth-order valence-corrected chi connectivity index (χ4v) is 12.4. The molecule has 262 valence electrons. The number of carbonyl (C=O) groups excluding carboxylic acids is 1. The molecule has 10 nitrogen and oxygen atoms in total. The second-order valence-electron chi connectivity index (χ2n) is 17.7. The molecule has 6 rings (SSSR count). The molecule has 7 N–H and O–H groups in total. The molecule has 0 aromatic carbocycles. The summed E-state index contributed by atoms with van der Waals surface area (Å²) in [7, 11) is 0. The molecule has 10 heteroatoms. The topological polar surface area (TPSA) is 177 Å². The Hall–Kier alpha value is -1.11. The van der Waals surface area contributed by atoms with Crippen molar-refractivity contribution in [3.8, 4) is 0 Å². The number of rotatable bonds is 3. The SMILES string of the molecule is C[C@H]1CC[C@]2(C(=O)O[C@@H]3O[C@H](CO)[C@@H](O)[C@H](O)[C@H]3O)CC[C@]3(C)C(=CC[C@@H]4[C@@]5(C)C[C@@H](O)[C@@H](O)C(C)(C)[C@@H]5CC[C@]43C)[C@@H]2[C@]1(C)O. The van der Waals surface area contributed by atoms with Crippen molar-refractivity contribution < 1.29 is 50.0 Å². The van der Waals surface area contributed by atoms with Crippen molar-refractivity contribution in [3.05, 3.63) is 11.6 Å². The first kappa shape index (κ1) is 34.7. The standard InChI is InChI=1S/C36H58O10/c1-18-10-13-36(30(43)46-29-26(41)25(40)24(39)21(17-37)45-29)15-14-33(5)19(27(36)35(18,7)44)8-9-23-32(4)16-20(38)28(42)31(2,3)22(32)11-12-34(23,33)6/h8,18,20-29,37-42,44H,9-17H2,1-7H3/t18-,20+,21+,22-,23+,24+,25-,26+,27+,28+,29-,32-,33+,34+,35+,36-/m0/s1. The first-order valence-electron chi connectivity index (χ1n) is 17.5. The minimum Gasteiger partial charge on any atom is -0.432 e. The summed E-state index contributed by atoms with van der Waals surface area (Å²) in [6, 6.07) is 0. The molecule has 1 saturated heterocycles. The molecule has 5 fully saturated rings.